The Kier molecular flexibility index (Phi) is 5.51. The first-order valence-electron chi connectivity index (χ1n) is 5.33. The van der Waals surface area contributed by atoms with Gasteiger partial charge in [0.05, 0.1) is 5.75 Å². The van der Waals surface area contributed by atoms with E-state index in [1.54, 1.807) is 11.8 Å². The van der Waals surface area contributed by atoms with E-state index >= 15 is 0 Å². The second kappa shape index (κ2) is 6.95. The van der Waals surface area contributed by atoms with Crippen LogP contribution in [-0.2, 0) is 10.5 Å². The highest BCUT2D eigenvalue weighted by Gasteiger charge is 2.31. The maximum atomic E-state index is 11.4. The minimum absolute atomic E-state index is 0.310. The average Bonchev–Trinajstić information content (AvgIpc) is 2.84. The fourth-order valence-electron chi connectivity index (χ4n) is 1.19. The maximum absolute atomic E-state index is 11.4. The Bertz CT molecular complexity index is 586. The zero-order chi connectivity index (χ0) is 14.6. The quantitative estimate of drug-likeness (QED) is 0.651. The van der Waals surface area contributed by atoms with E-state index in [4.69, 9.17) is 34.8 Å². The summed E-state index contributed by atoms with van der Waals surface area (Å²) < 4.78 is -2.01. The van der Waals surface area contributed by atoms with Gasteiger partial charge in [0.1, 0.15) is 5.01 Å². The molecule has 20 heavy (non-hydrogen) atoms. The fraction of sp³-hybridized carbons (Fsp3) is 0.182. The summed E-state index contributed by atoms with van der Waals surface area (Å²) in [6.45, 7) is 0. The van der Waals surface area contributed by atoms with Crippen molar-refractivity contribution >= 4 is 68.9 Å². The van der Waals surface area contributed by atoms with Crippen molar-refractivity contribution in [1.29, 1.82) is 0 Å². The van der Waals surface area contributed by atoms with Crippen molar-refractivity contribution in [3.05, 3.63) is 35.3 Å². The lowest BCUT2D eigenvalue weighted by atomic mass is 10.4. The number of benzene rings is 1. The number of nitrogens with zero attached hydrogens (tertiary/aromatic N) is 2. The van der Waals surface area contributed by atoms with Gasteiger partial charge in [0.2, 0.25) is 5.13 Å². The lowest BCUT2D eigenvalue weighted by Crippen LogP contribution is -2.26. The molecule has 0 atom stereocenters. The molecular weight excluding hydrogens is 361 g/mol. The summed E-state index contributed by atoms with van der Waals surface area (Å²) in [5, 5.41) is 11.3. The number of halogens is 3. The molecule has 0 bridgehead atoms. The SMILES string of the molecule is O=C(Nc1nnc(CSc2ccccc2)s1)C(Cl)(Cl)Cl. The second-order valence-corrected chi connectivity index (χ2v) is 7.95. The minimum atomic E-state index is -2.01. The monoisotopic (exact) mass is 367 g/mol. The Morgan fingerprint density at radius 3 is 2.60 bits per heavy atom. The zero-order valence-electron chi connectivity index (χ0n) is 9.85. The largest absolute Gasteiger partial charge is 0.297 e. The van der Waals surface area contributed by atoms with E-state index < -0.39 is 9.70 Å². The first-order valence-corrected chi connectivity index (χ1v) is 8.27. The van der Waals surface area contributed by atoms with Crippen LogP contribution in [0.3, 0.4) is 0 Å². The normalized spacial score (nSPS) is 11.3. The molecule has 1 aromatic carbocycles. The second-order valence-electron chi connectivity index (χ2n) is 3.55. The summed E-state index contributed by atoms with van der Waals surface area (Å²) in [7, 11) is 0. The molecule has 106 valence electrons. The number of amides is 1. The predicted molar refractivity (Wildman–Crippen MR) is 84.8 cm³/mol. The third kappa shape index (κ3) is 4.79. The Morgan fingerprint density at radius 2 is 1.95 bits per heavy atom. The smallest absolute Gasteiger partial charge is 0.278 e. The first-order chi connectivity index (χ1) is 9.45. The molecule has 0 saturated heterocycles. The molecule has 0 aliphatic carbocycles. The van der Waals surface area contributed by atoms with Gasteiger partial charge in [0.15, 0.2) is 0 Å². The number of hydrogen-bond acceptors (Lipinski definition) is 5. The van der Waals surface area contributed by atoms with E-state index in [9.17, 15) is 4.79 Å². The minimum Gasteiger partial charge on any atom is -0.297 e. The van der Waals surface area contributed by atoms with Crippen molar-refractivity contribution in [2.24, 2.45) is 0 Å². The summed E-state index contributed by atoms with van der Waals surface area (Å²) in [6, 6.07) is 9.91. The third-order valence-corrected chi connectivity index (χ3v) is 4.61. The predicted octanol–water partition coefficient (Wildman–Crippen LogP) is 4.14. The Morgan fingerprint density at radius 1 is 1.25 bits per heavy atom. The van der Waals surface area contributed by atoms with Gasteiger partial charge in [-0.1, -0.05) is 64.3 Å². The number of aromatic nitrogens is 2. The van der Waals surface area contributed by atoms with Crippen molar-refractivity contribution in [2.45, 2.75) is 14.4 Å². The standard InChI is InChI=1S/C11H8Cl3N3OS2/c12-11(13,14)9(18)15-10-17-16-8(20-10)6-19-7-4-2-1-3-5-7/h1-5H,6H2,(H,15,17,18). The number of thioether (sulfide) groups is 1. The molecule has 9 heteroatoms. The molecule has 1 N–H and O–H groups in total. The van der Waals surface area contributed by atoms with Crippen LogP contribution in [-0.4, -0.2) is 19.9 Å². The number of rotatable bonds is 4. The number of carbonyl (C=O) groups is 1. The lowest BCUT2D eigenvalue weighted by molar-refractivity contribution is -0.115. The summed E-state index contributed by atoms with van der Waals surface area (Å²) in [5.41, 5.74) is 0. The van der Waals surface area contributed by atoms with Crippen LogP contribution in [0.4, 0.5) is 5.13 Å². The van der Waals surface area contributed by atoms with Crippen LogP contribution in [0.2, 0.25) is 0 Å². The van der Waals surface area contributed by atoms with Gasteiger partial charge in [0.25, 0.3) is 9.70 Å². The molecule has 2 aromatic rings. The molecule has 0 fully saturated rings. The van der Waals surface area contributed by atoms with Crippen LogP contribution >= 0.6 is 57.9 Å². The van der Waals surface area contributed by atoms with Gasteiger partial charge in [0, 0.05) is 4.90 Å². The Hall–Kier alpha value is -0.530. The number of nitrogens with one attached hydrogen (secondary N) is 1. The third-order valence-electron chi connectivity index (χ3n) is 2.05. The van der Waals surface area contributed by atoms with Gasteiger partial charge in [-0.2, -0.15) is 0 Å². The summed E-state index contributed by atoms with van der Waals surface area (Å²) in [6.07, 6.45) is 0. The number of alkyl halides is 3. The summed E-state index contributed by atoms with van der Waals surface area (Å²) in [5.74, 6) is -0.0911. The molecule has 2 rings (SSSR count). The van der Waals surface area contributed by atoms with E-state index in [2.05, 4.69) is 15.5 Å². The highest BCUT2D eigenvalue weighted by atomic mass is 35.6. The first kappa shape index (κ1) is 15.9. The molecule has 1 amide bonds. The van der Waals surface area contributed by atoms with Crippen molar-refractivity contribution in [2.75, 3.05) is 5.32 Å². The van der Waals surface area contributed by atoms with E-state index in [1.807, 2.05) is 30.3 Å². The molecule has 0 aliphatic rings. The van der Waals surface area contributed by atoms with E-state index in [-0.39, 0.29) is 0 Å². The van der Waals surface area contributed by atoms with Gasteiger partial charge < -0.3 is 0 Å². The maximum Gasteiger partial charge on any atom is 0.278 e. The van der Waals surface area contributed by atoms with Crippen molar-refractivity contribution < 1.29 is 4.79 Å². The van der Waals surface area contributed by atoms with Gasteiger partial charge >= 0.3 is 0 Å². The van der Waals surface area contributed by atoms with E-state index in [0.29, 0.717) is 10.9 Å². The van der Waals surface area contributed by atoms with E-state index in [0.717, 1.165) is 9.90 Å². The fourth-order valence-corrected chi connectivity index (χ4v) is 2.97. The number of anilines is 1. The Balaban J connectivity index is 1.91. The van der Waals surface area contributed by atoms with Crippen LogP contribution in [0.15, 0.2) is 35.2 Å². The van der Waals surface area contributed by atoms with Crippen LogP contribution in [0.1, 0.15) is 5.01 Å². The summed E-state index contributed by atoms with van der Waals surface area (Å²) >= 11 is 19.2. The lowest BCUT2D eigenvalue weighted by Gasteiger charge is -2.08. The van der Waals surface area contributed by atoms with Gasteiger partial charge in [-0.3, -0.25) is 10.1 Å². The zero-order valence-corrected chi connectivity index (χ0v) is 13.7. The van der Waals surface area contributed by atoms with Crippen molar-refractivity contribution in [3.8, 4) is 0 Å². The highest BCUT2D eigenvalue weighted by molar-refractivity contribution is 7.98. The molecule has 0 radical (unpaired) electrons. The molecule has 0 aliphatic heterocycles. The van der Waals surface area contributed by atoms with E-state index in [1.165, 1.54) is 11.3 Å². The van der Waals surface area contributed by atoms with Gasteiger partial charge in [-0.25, -0.2) is 0 Å². The van der Waals surface area contributed by atoms with Crippen LogP contribution in [0, 0.1) is 0 Å². The highest BCUT2D eigenvalue weighted by Crippen LogP contribution is 2.29. The Labute approximate surface area is 138 Å². The van der Waals surface area contributed by atoms with Crippen LogP contribution in [0.25, 0.3) is 0 Å². The van der Waals surface area contributed by atoms with Crippen LogP contribution < -0.4 is 5.32 Å². The molecule has 1 aromatic heterocycles. The number of hydrogen-bond donors (Lipinski definition) is 1. The number of carbonyl (C=O) groups excluding carboxylic acids is 1. The molecule has 0 saturated carbocycles. The van der Waals surface area contributed by atoms with Crippen LogP contribution in [0.5, 0.6) is 0 Å². The van der Waals surface area contributed by atoms with Gasteiger partial charge in [-0.05, 0) is 12.1 Å². The molecule has 1 heterocycles. The summed E-state index contributed by atoms with van der Waals surface area (Å²) in [4.78, 5) is 12.6. The van der Waals surface area contributed by atoms with Crippen molar-refractivity contribution in [3.63, 3.8) is 0 Å². The molecule has 0 spiro atoms. The van der Waals surface area contributed by atoms with Crippen molar-refractivity contribution in [1.82, 2.24) is 10.2 Å². The topological polar surface area (TPSA) is 54.9 Å². The molecule has 0 unspecified atom stereocenters. The molecular formula is C11H8Cl3N3OS2. The van der Waals surface area contributed by atoms with Gasteiger partial charge in [-0.15, -0.1) is 22.0 Å². The molecule has 4 nitrogen and oxygen atoms in total. The average molecular weight is 369 g/mol.